The Morgan fingerprint density at radius 3 is 2.53 bits per heavy atom. The van der Waals surface area contributed by atoms with Crippen molar-refractivity contribution >= 4 is 34.7 Å². The molecule has 3 heterocycles. The number of nitrogens with zero attached hydrogens (tertiary/aromatic N) is 3. The molecule has 13 nitrogen and oxygen atoms in total. The van der Waals surface area contributed by atoms with E-state index in [9.17, 15) is 19.5 Å². The van der Waals surface area contributed by atoms with Gasteiger partial charge in [0.25, 0.3) is 5.91 Å². The number of carbonyl (C=O) groups is 2. The number of hydrogen-bond donors (Lipinski definition) is 6. The number of amides is 1. The lowest BCUT2D eigenvalue weighted by atomic mass is 10.0. The number of benzene rings is 1. The van der Waals surface area contributed by atoms with E-state index in [0.717, 1.165) is 16.5 Å². The van der Waals surface area contributed by atoms with Gasteiger partial charge in [0.15, 0.2) is 0 Å². The summed E-state index contributed by atoms with van der Waals surface area (Å²) in [5.41, 5.74) is 13.8. The Kier molecular flexibility index (Phi) is 6.25. The molecule has 0 aliphatic carbocycles. The maximum absolute atomic E-state index is 12.5. The number of fused-ring (bicyclic) bond motifs is 1. The quantitative estimate of drug-likeness (QED) is 0.199. The Bertz CT molecular complexity index is 1390. The van der Waals surface area contributed by atoms with Gasteiger partial charge < -0.3 is 31.4 Å². The third-order valence-corrected chi connectivity index (χ3v) is 5.29. The highest BCUT2D eigenvalue weighted by Crippen LogP contribution is 2.24. The molecule has 0 bridgehead atoms. The van der Waals surface area contributed by atoms with Gasteiger partial charge in [-0.05, 0) is 42.5 Å². The van der Waals surface area contributed by atoms with E-state index >= 15 is 0 Å². The molecule has 0 fully saturated rings. The number of nitrogen functional groups attached to an aromatic ring is 2. The number of carboxylic acid groups (broad SMARTS) is 1. The van der Waals surface area contributed by atoms with Crippen molar-refractivity contribution in [2.75, 3.05) is 11.5 Å². The molecule has 0 spiro atoms. The van der Waals surface area contributed by atoms with Gasteiger partial charge in [-0.15, -0.1) is 0 Å². The molecule has 13 heteroatoms. The van der Waals surface area contributed by atoms with Crippen LogP contribution in [0.3, 0.4) is 0 Å². The minimum absolute atomic E-state index is 0.00999. The summed E-state index contributed by atoms with van der Waals surface area (Å²) < 4.78 is 4.81. The molecule has 0 aliphatic heterocycles. The Balaban J connectivity index is 1.36. The van der Waals surface area contributed by atoms with Crippen LogP contribution in [0.2, 0.25) is 0 Å². The lowest BCUT2D eigenvalue weighted by Gasteiger charge is -2.14. The summed E-state index contributed by atoms with van der Waals surface area (Å²) in [4.78, 5) is 49.8. The van der Waals surface area contributed by atoms with Gasteiger partial charge in [-0.3, -0.25) is 4.79 Å². The third-order valence-electron chi connectivity index (χ3n) is 5.29. The molecule has 1 amide bonds. The fourth-order valence-electron chi connectivity index (χ4n) is 3.58. The van der Waals surface area contributed by atoms with E-state index < -0.39 is 23.6 Å². The zero-order valence-electron chi connectivity index (χ0n) is 17.9. The van der Waals surface area contributed by atoms with E-state index in [1.165, 1.54) is 0 Å². The molecule has 3 aromatic heterocycles. The molecular formula is C21H22N8O5. The molecule has 0 unspecified atom stereocenters. The Morgan fingerprint density at radius 1 is 1.09 bits per heavy atom. The van der Waals surface area contributed by atoms with Crippen molar-refractivity contribution in [3.8, 4) is 0 Å². The van der Waals surface area contributed by atoms with Crippen molar-refractivity contribution < 1.29 is 19.2 Å². The molecule has 1 atom stereocenters. The number of aryl methyl sites for hydroxylation is 3. The standard InChI is InChI=1S/C21H22N8O5/c22-16-15-12(9-24-17(15)28-20(23)27-16)6-3-10-1-4-11(5-2-10)18(30)25-13(19(31)32)7-8-14-26-21(33)29-34-14/h1-2,4-5,9,13H,3,6-8H2,(H,25,30)(H,29,33)(H,31,32)(H5,22,23,24,27,28)/t13-/m0/s1. The predicted molar refractivity (Wildman–Crippen MR) is 121 cm³/mol. The van der Waals surface area contributed by atoms with Crippen LogP contribution in [0.5, 0.6) is 0 Å². The second-order valence-corrected chi connectivity index (χ2v) is 7.62. The fraction of sp³-hybridized carbons (Fsp3) is 0.238. The van der Waals surface area contributed by atoms with Crippen molar-refractivity contribution in [3.63, 3.8) is 0 Å². The SMILES string of the molecule is Nc1nc(N)c2c(CCc3ccc(C(=O)N[C@@H](CCc4nc(=O)[nH]o4)C(=O)O)cc3)c[nH]c2n1. The topological polar surface area (TPSA) is 219 Å². The largest absolute Gasteiger partial charge is 0.480 e. The summed E-state index contributed by atoms with van der Waals surface area (Å²) in [7, 11) is 0. The molecule has 8 N–H and O–H groups in total. The minimum atomic E-state index is -1.20. The number of hydrogen-bond acceptors (Lipinski definition) is 9. The van der Waals surface area contributed by atoms with Crippen molar-refractivity contribution in [2.45, 2.75) is 31.7 Å². The van der Waals surface area contributed by atoms with Crippen LogP contribution in [0, 0.1) is 0 Å². The first kappa shape index (κ1) is 22.5. The lowest BCUT2D eigenvalue weighted by Crippen LogP contribution is -2.41. The van der Waals surface area contributed by atoms with Gasteiger partial charge in [-0.1, -0.05) is 12.1 Å². The fourth-order valence-corrected chi connectivity index (χ4v) is 3.58. The Labute approximate surface area is 191 Å². The normalized spacial score (nSPS) is 12.0. The van der Waals surface area contributed by atoms with E-state index in [2.05, 4.69) is 25.3 Å². The van der Waals surface area contributed by atoms with Crippen molar-refractivity contribution in [1.29, 1.82) is 0 Å². The van der Waals surface area contributed by atoms with E-state index in [1.807, 2.05) is 11.4 Å². The maximum Gasteiger partial charge on any atom is 0.377 e. The number of nitrogens with two attached hydrogens (primary N) is 2. The molecule has 1 aromatic carbocycles. The summed E-state index contributed by atoms with van der Waals surface area (Å²) in [5.74, 6) is -1.24. The summed E-state index contributed by atoms with van der Waals surface area (Å²) in [6.45, 7) is 0. The van der Waals surface area contributed by atoms with Crippen LogP contribution in [0.4, 0.5) is 11.8 Å². The highest BCUT2D eigenvalue weighted by atomic mass is 16.5. The zero-order valence-corrected chi connectivity index (χ0v) is 17.9. The molecule has 0 saturated heterocycles. The van der Waals surface area contributed by atoms with Crippen molar-refractivity contribution in [1.82, 2.24) is 30.4 Å². The number of carboxylic acids is 1. The first-order chi connectivity index (χ1) is 16.3. The highest BCUT2D eigenvalue weighted by Gasteiger charge is 2.21. The van der Waals surface area contributed by atoms with Crippen LogP contribution in [-0.2, 0) is 24.1 Å². The molecule has 0 aliphatic rings. The number of H-pyrrole nitrogens is 2. The molecular weight excluding hydrogens is 444 g/mol. The van der Waals surface area contributed by atoms with Crippen LogP contribution in [0.1, 0.15) is 33.8 Å². The minimum Gasteiger partial charge on any atom is -0.480 e. The third kappa shape index (κ3) is 5.03. The van der Waals surface area contributed by atoms with Crippen molar-refractivity contribution in [3.05, 3.63) is 63.5 Å². The summed E-state index contributed by atoms with van der Waals surface area (Å²) in [6.07, 6.45) is 3.23. The monoisotopic (exact) mass is 466 g/mol. The van der Waals surface area contributed by atoms with Gasteiger partial charge in [0, 0.05) is 18.2 Å². The first-order valence-corrected chi connectivity index (χ1v) is 10.4. The zero-order chi connectivity index (χ0) is 24.2. The average molecular weight is 466 g/mol. The van der Waals surface area contributed by atoms with E-state index in [4.69, 9.17) is 16.0 Å². The second-order valence-electron chi connectivity index (χ2n) is 7.62. The number of aromatic amines is 2. The average Bonchev–Trinajstić information content (AvgIpc) is 3.41. The number of anilines is 2. The van der Waals surface area contributed by atoms with Gasteiger partial charge in [-0.2, -0.15) is 20.1 Å². The van der Waals surface area contributed by atoms with Crippen LogP contribution < -0.4 is 22.5 Å². The molecule has 0 saturated carbocycles. The predicted octanol–water partition coefficient (Wildman–Crippen LogP) is 0.400. The van der Waals surface area contributed by atoms with Gasteiger partial charge >= 0.3 is 11.7 Å². The smallest absolute Gasteiger partial charge is 0.377 e. The Morgan fingerprint density at radius 2 is 1.85 bits per heavy atom. The second kappa shape index (κ2) is 9.44. The molecule has 4 aromatic rings. The summed E-state index contributed by atoms with van der Waals surface area (Å²) in [5, 5.41) is 14.6. The number of aromatic nitrogens is 5. The highest BCUT2D eigenvalue weighted by molar-refractivity contribution is 5.96. The summed E-state index contributed by atoms with van der Waals surface area (Å²) in [6, 6.07) is 5.69. The molecule has 0 radical (unpaired) electrons. The van der Waals surface area contributed by atoms with Gasteiger partial charge in [0.1, 0.15) is 17.5 Å². The van der Waals surface area contributed by atoms with E-state index in [-0.39, 0.29) is 24.7 Å². The number of aliphatic carboxylic acids is 1. The van der Waals surface area contributed by atoms with Crippen LogP contribution >= 0.6 is 0 Å². The maximum atomic E-state index is 12.5. The molecule has 176 valence electrons. The first-order valence-electron chi connectivity index (χ1n) is 10.4. The van der Waals surface area contributed by atoms with Crippen LogP contribution in [-0.4, -0.2) is 48.1 Å². The van der Waals surface area contributed by atoms with E-state index in [0.29, 0.717) is 29.9 Å². The molecule has 4 rings (SSSR count). The van der Waals surface area contributed by atoms with Gasteiger partial charge in [0.05, 0.1) is 5.39 Å². The summed E-state index contributed by atoms with van der Waals surface area (Å²) >= 11 is 0. The lowest BCUT2D eigenvalue weighted by molar-refractivity contribution is -0.139. The van der Waals surface area contributed by atoms with Gasteiger partial charge in [-0.25, -0.2) is 9.59 Å². The number of carbonyl (C=O) groups excluding carboxylic acids is 1. The van der Waals surface area contributed by atoms with Crippen LogP contribution in [0.15, 0.2) is 39.8 Å². The van der Waals surface area contributed by atoms with Crippen LogP contribution in [0.25, 0.3) is 11.0 Å². The van der Waals surface area contributed by atoms with Gasteiger partial charge in [0.2, 0.25) is 11.8 Å². The molecule has 34 heavy (non-hydrogen) atoms. The van der Waals surface area contributed by atoms with E-state index in [1.54, 1.807) is 24.3 Å². The van der Waals surface area contributed by atoms with Crippen molar-refractivity contribution in [2.24, 2.45) is 0 Å². The number of nitrogens with one attached hydrogen (secondary N) is 3. The Hall–Kier alpha value is -4.68. The number of rotatable bonds is 9.